The summed E-state index contributed by atoms with van der Waals surface area (Å²) in [4.78, 5) is 23.3. The molecule has 0 aliphatic heterocycles. The number of carbonyl (C=O) groups excluding carboxylic acids is 2. The van der Waals surface area contributed by atoms with Crippen LogP contribution in [0.1, 0.15) is 26.3 Å². The molecule has 23 heavy (non-hydrogen) atoms. The number of benzene rings is 2. The van der Waals surface area contributed by atoms with Gasteiger partial charge in [0.15, 0.2) is 0 Å². The van der Waals surface area contributed by atoms with Gasteiger partial charge in [0.05, 0.1) is 26.0 Å². The van der Waals surface area contributed by atoms with Crippen molar-refractivity contribution in [3.8, 4) is 5.75 Å². The van der Waals surface area contributed by atoms with Crippen LogP contribution < -0.4 is 10.2 Å². The average Bonchev–Trinajstić information content (AvgIpc) is 2.61. The van der Waals surface area contributed by atoms with Gasteiger partial charge >= 0.3 is 5.97 Å². The Hall–Kier alpha value is -3.15. The first kappa shape index (κ1) is 16.2. The molecule has 0 unspecified atom stereocenters. The van der Waals surface area contributed by atoms with Crippen LogP contribution in [-0.2, 0) is 4.74 Å². The van der Waals surface area contributed by atoms with Gasteiger partial charge in [0.1, 0.15) is 5.75 Å². The third-order valence-corrected chi connectivity index (χ3v) is 3.04. The number of carbonyl (C=O) groups is 2. The molecule has 0 aliphatic rings. The maximum atomic E-state index is 11.9. The lowest BCUT2D eigenvalue weighted by Gasteiger charge is -2.03. The molecule has 0 fully saturated rings. The number of ether oxygens (including phenoxy) is 2. The third kappa shape index (κ3) is 4.41. The molecule has 0 aliphatic carbocycles. The molecule has 2 rings (SSSR count). The minimum Gasteiger partial charge on any atom is -0.497 e. The summed E-state index contributed by atoms with van der Waals surface area (Å²) < 4.78 is 9.68. The van der Waals surface area contributed by atoms with Gasteiger partial charge in [0.25, 0.3) is 5.91 Å². The highest BCUT2D eigenvalue weighted by molar-refractivity contribution is 5.95. The standard InChI is InChI=1S/C17H16N2O4/c1-22-15-5-3-4-14(10-15)16(20)19-18-11-12-6-8-13(9-7-12)17(21)23-2/h3-11H,1-2H3,(H,19,20). The van der Waals surface area contributed by atoms with Crippen molar-refractivity contribution in [3.63, 3.8) is 0 Å². The topological polar surface area (TPSA) is 77.0 Å². The average molecular weight is 312 g/mol. The summed E-state index contributed by atoms with van der Waals surface area (Å²) in [7, 11) is 2.86. The number of hydrogen-bond donors (Lipinski definition) is 1. The van der Waals surface area contributed by atoms with Gasteiger partial charge in [-0.3, -0.25) is 4.79 Å². The van der Waals surface area contributed by atoms with Crippen LogP contribution >= 0.6 is 0 Å². The van der Waals surface area contributed by atoms with E-state index in [1.165, 1.54) is 20.4 Å². The number of hydrazone groups is 1. The highest BCUT2D eigenvalue weighted by Gasteiger charge is 2.05. The summed E-state index contributed by atoms with van der Waals surface area (Å²) in [6, 6.07) is 13.4. The van der Waals surface area contributed by atoms with E-state index in [1.54, 1.807) is 48.5 Å². The normalized spacial score (nSPS) is 10.3. The second kappa shape index (κ2) is 7.74. The lowest BCUT2D eigenvalue weighted by atomic mass is 10.1. The molecule has 118 valence electrons. The maximum absolute atomic E-state index is 11.9. The first-order valence-electron chi connectivity index (χ1n) is 6.80. The highest BCUT2D eigenvalue weighted by Crippen LogP contribution is 2.12. The van der Waals surface area contributed by atoms with Gasteiger partial charge in [-0.15, -0.1) is 0 Å². The maximum Gasteiger partial charge on any atom is 0.337 e. The molecule has 0 saturated heterocycles. The summed E-state index contributed by atoms with van der Waals surface area (Å²) in [5.41, 5.74) is 4.07. The van der Waals surface area contributed by atoms with Crippen molar-refractivity contribution in [2.45, 2.75) is 0 Å². The minimum absolute atomic E-state index is 0.341. The predicted molar refractivity (Wildman–Crippen MR) is 85.8 cm³/mol. The lowest BCUT2D eigenvalue weighted by molar-refractivity contribution is 0.0600. The second-order valence-electron chi connectivity index (χ2n) is 4.54. The zero-order valence-corrected chi connectivity index (χ0v) is 12.8. The van der Waals surface area contributed by atoms with E-state index in [-0.39, 0.29) is 5.91 Å². The largest absolute Gasteiger partial charge is 0.497 e. The van der Waals surface area contributed by atoms with Crippen LogP contribution in [-0.4, -0.2) is 32.3 Å². The van der Waals surface area contributed by atoms with Crippen LogP contribution in [0, 0.1) is 0 Å². The van der Waals surface area contributed by atoms with Crippen molar-refractivity contribution >= 4 is 18.1 Å². The number of rotatable bonds is 5. The molecule has 1 amide bonds. The van der Waals surface area contributed by atoms with E-state index in [0.717, 1.165) is 5.56 Å². The SMILES string of the molecule is COC(=O)c1ccc(C=NNC(=O)c2cccc(OC)c2)cc1. The van der Waals surface area contributed by atoms with E-state index in [4.69, 9.17) is 4.74 Å². The Labute approximate surface area is 133 Å². The smallest absolute Gasteiger partial charge is 0.337 e. The lowest BCUT2D eigenvalue weighted by Crippen LogP contribution is -2.17. The zero-order chi connectivity index (χ0) is 16.7. The molecule has 2 aromatic carbocycles. The van der Waals surface area contributed by atoms with Gasteiger partial charge < -0.3 is 9.47 Å². The molecule has 0 saturated carbocycles. The Kier molecular flexibility index (Phi) is 5.46. The van der Waals surface area contributed by atoms with Gasteiger partial charge in [-0.1, -0.05) is 18.2 Å². The monoisotopic (exact) mass is 312 g/mol. The third-order valence-electron chi connectivity index (χ3n) is 3.04. The molecule has 6 nitrogen and oxygen atoms in total. The fourth-order valence-electron chi connectivity index (χ4n) is 1.82. The number of amides is 1. The molecule has 0 bridgehead atoms. The summed E-state index contributed by atoms with van der Waals surface area (Å²) >= 11 is 0. The van der Waals surface area contributed by atoms with Gasteiger partial charge in [-0.2, -0.15) is 5.10 Å². The molecule has 0 atom stereocenters. The Bertz CT molecular complexity index is 724. The van der Waals surface area contributed by atoms with Crippen LogP contribution in [0.4, 0.5) is 0 Å². The molecule has 0 aromatic heterocycles. The van der Waals surface area contributed by atoms with Crippen molar-refractivity contribution < 1.29 is 19.1 Å². The molecule has 1 N–H and O–H groups in total. The van der Waals surface area contributed by atoms with E-state index in [1.807, 2.05) is 0 Å². The molecular formula is C17H16N2O4. The molecule has 2 aromatic rings. The van der Waals surface area contributed by atoms with E-state index in [0.29, 0.717) is 16.9 Å². The number of methoxy groups -OCH3 is 2. The van der Waals surface area contributed by atoms with Crippen molar-refractivity contribution in [3.05, 3.63) is 65.2 Å². The number of esters is 1. The molecule has 0 spiro atoms. The van der Waals surface area contributed by atoms with Crippen LogP contribution in [0.25, 0.3) is 0 Å². The Morgan fingerprint density at radius 3 is 2.43 bits per heavy atom. The first-order valence-corrected chi connectivity index (χ1v) is 6.80. The van der Waals surface area contributed by atoms with Gasteiger partial charge in [0.2, 0.25) is 0 Å². The fourth-order valence-corrected chi connectivity index (χ4v) is 1.82. The fraction of sp³-hybridized carbons (Fsp3) is 0.118. The van der Waals surface area contributed by atoms with Crippen LogP contribution in [0.2, 0.25) is 0 Å². The van der Waals surface area contributed by atoms with Crippen LogP contribution in [0.5, 0.6) is 5.75 Å². The Morgan fingerprint density at radius 1 is 1.04 bits per heavy atom. The molecule has 0 heterocycles. The highest BCUT2D eigenvalue weighted by atomic mass is 16.5. The van der Waals surface area contributed by atoms with Gasteiger partial charge in [0, 0.05) is 5.56 Å². The van der Waals surface area contributed by atoms with E-state index in [9.17, 15) is 9.59 Å². The van der Waals surface area contributed by atoms with Crippen molar-refractivity contribution in [2.75, 3.05) is 14.2 Å². The number of nitrogens with one attached hydrogen (secondary N) is 1. The van der Waals surface area contributed by atoms with E-state index >= 15 is 0 Å². The number of nitrogens with zero attached hydrogens (tertiary/aromatic N) is 1. The Balaban J connectivity index is 1.98. The van der Waals surface area contributed by atoms with E-state index < -0.39 is 5.97 Å². The second-order valence-corrected chi connectivity index (χ2v) is 4.54. The van der Waals surface area contributed by atoms with E-state index in [2.05, 4.69) is 15.3 Å². The van der Waals surface area contributed by atoms with Crippen molar-refractivity contribution in [1.82, 2.24) is 5.43 Å². The minimum atomic E-state index is -0.403. The van der Waals surface area contributed by atoms with Crippen molar-refractivity contribution in [2.24, 2.45) is 5.10 Å². The summed E-state index contributed by atoms with van der Waals surface area (Å²) in [6.45, 7) is 0. The summed E-state index contributed by atoms with van der Waals surface area (Å²) in [5, 5.41) is 3.89. The zero-order valence-electron chi connectivity index (χ0n) is 12.8. The quantitative estimate of drug-likeness (QED) is 0.522. The Morgan fingerprint density at radius 2 is 1.78 bits per heavy atom. The molecule has 0 radical (unpaired) electrons. The molecule has 6 heteroatoms. The van der Waals surface area contributed by atoms with Crippen molar-refractivity contribution in [1.29, 1.82) is 0 Å². The van der Waals surface area contributed by atoms with Crippen LogP contribution in [0.15, 0.2) is 53.6 Å². The predicted octanol–water partition coefficient (Wildman–Crippen LogP) is 2.25. The number of hydrogen-bond acceptors (Lipinski definition) is 5. The van der Waals surface area contributed by atoms with Crippen LogP contribution in [0.3, 0.4) is 0 Å². The van der Waals surface area contributed by atoms with Gasteiger partial charge in [-0.25, -0.2) is 10.2 Å². The van der Waals surface area contributed by atoms with Gasteiger partial charge in [-0.05, 0) is 35.9 Å². The summed E-state index contributed by atoms with van der Waals surface area (Å²) in [6.07, 6.45) is 1.49. The first-order chi connectivity index (χ1) is 11.1. The molecular weight excluding hydrogens is 296 g/mol. The summed E-state index contributed by atoms with van der Waals surface area (Å²) in [5.74, 6) is -0.147.